The van der Waals surface area contributed by atoms with Crippen molar-refractivity contribution in [3.8, 4) is 0 Å². The van der Waals surface area contributed by atoms with Gasteiger partial charge in [-0.2, -0.15) is 0 Å². The van der Waals surface area contributed by atoms with Crippen molar-refractivity contribution in [2.24, 2.45) is 0 Å². The number of carbonyl (C=O) groups is 1. The zero-order valence-corrected chi connectivity index (χ0v) is 13.7. The van der Waals surface area contributed by atoms with Crippen molar-refractivity contribution in [3.63, 3.8) is 0 Å². The maximum atomic E-state index is 11.7. The first kappa shape index (κ1) is 14.5. The summed E-state index contributed by atoms with van der Waals surface area (Å²) in [6.45, 7) is 1.45. The molecular formula is C18H19N3OS. The Labute approximate surface area is 140 Å². The Morgan fingerprint density at radius 2 is 1.87 bits per heavy atom. The van der Waals surface area contributed by atoms with Crippen LogP contribution in [-0.4, -0.2) is 19.1 Å². The van der Waals surface area contributed by atoms with Gasteiger partial charge in [-0.25, -0.2) is 4.79 Å². The number of anilines is 2. The lowest BCUT2D eigenvalue weighted by Gasteiger charge is -2.14. The fraction of sp³-hybridized carbons (Fsp3) is 0.278. The van der Waals surface area contributed by atoms with Crippen molar-refractivity contribution in [1.82, 2.24) is 5.32 Å². The summed E-state index contributed by atoms with van der Waals surface area (Å²) in [5.41, 5.74) is 5.07. The van der Waals surface area contributed by atoms with Gasteiger partial charge in [-0.3, -0.25) is 4.90 Å². The molecule has 23 heavy (non-hydrogen) atoms. The molecule has 0 aromatic heterocycles. The summed E-state index contributed by atoms with van der Waals surface area (Å²) in [4.78, 5) is 14.6. The summed E-state index contributed by atoms with van der Waals surface area (Å²) in [6, 6.07) is 14.7. The van der Waals surface area contributed by atoms with E-state index >= 15 is 0 Å². The maximum absolute atomic E-state index is 11.7. The number of hydrogen-bond acceptors (Lipinski definition) is 3. The van der Waals surface area contributed by atoms with Gasteiger partial charge in [-0.05, 0) is 78.7 Å². The highest BCUT2D eigenvalue weighted by Crippen LogP contribution is 2.28. The molecule has 1 aliphatic heterocycles. The molecule has 0 spiro atoms. The molecule has 0 saturated carbocycles. The minimum atomic E-state index is -0.0123. The topological polar surface area (TPSA) is 44.4 Å². The number of amides is 2. The van der Waals surface area contributed by atoms with E-state index in [1.54, 1.807) is 16.8 Å². The van der Waals surface area contributed by atoms with Crippen LogP contribution in [0, 0.1) is 0 Å². The van der Waals surface area contributed by atoms with Crippen molar-refractivity contribution in [3.05, 3.63) is 53.6 Å². The van der Waals surface area contributed by atoms with Gasteiger partial charge in [0.25, 0.3) is 0 Å². The van der Waals surface area contributed by atoms with E-state index < -0.39 is 0 Å². The predicted octanol–water partition coefficient (Wildman–Crippen LogP) is 3.82. The summed E-state index contributed by atoms with van der Waals surface area (Å²) >= 11 is 1.60. The fourth-order valence-electron chi connectivity index (χ4n) is 3.17. The van der Waals surface area contributed by atoms with Crippen molar-refractivity contribution in [2.75, 3.05) is 22.7 Å². The molecule has 1 heterocycles. The number of benzene rings is 2. The molecule has 1 saturated heterocycles. The average Bonchev–Trinajstić information content (AvgIpc) is 3.21. The summed E-state index contributed by atoms with van der Waals surface area (Å²) in [5, 5.41) is 2.82. The van der Waals surface area contributed by atoms with Gasteiger partial charge < -0.3 is 10.0 Å². The molecule has 5 heteroatoms. The Morgan fingerprint density at radius 1 is 1.04 bits per heavy atom. The number of nitrogens with zero attached hydrogens (tertiary/aromatic N) is 1. The van der Waals surface area contributed by atoms with Crippen LogP contribution >= 0.6 is 11.9 Å². The largest absolute Gasteiger partial charge is 0.336 e. The quantitative estimate of drug-likeness (QED) is 0.840. The van der Waals surface area contributed by atoms with E-state index in [0.29, 0.717) is 0 Å². The van der Waals surface area contributed by atoms with Crippen LogP contribution < -0.4 is 14.9 Å². The summed E-state index contributed by atoms with van der Waals surface area (Å²) in [5.74, 6) is 0. The molecule has 2 aromatic carbocycles. The molecule has 1 fully saturated rings. The number of nitrogens with one attached hydrogen (secondary N) is 2. The number of urea groups is 1. The number of carbonyl (C=O) groups excluding carboxylic acids is 1. The zero-order valence-electron chi connectivity index (χ0n) is 12.8. The van der Waals surface area contributed by atoms with Gasteiger partial charge in [0.15, 0.2) is 0 Å². The standard InChI is InChI=1S/C18H19N3OS/c22-18-19-10-11-21(18)16-6-8-17(9-7-16)23-20-15-5-4-13-2-1-3-14(13)12-15/h4-9,12,20H,1-3,10-11H2,(H,19,22). The molecule has 4 nitrogen and oxygen atoms in total. The van der Waals surface area contributed by atoms with E-state index in [9.17, 15) is 4.79 Å². The molecule has 0 unspecified atom stereocenters. The Morgan fingerprint density at radius 3 is 2.65 bits per heavy atom. The smallest absolute Gasteiger partial charge is 0.321 e. The summed E-state index contributed by atoms with van der Waals surface area (Å²) < 4.78 is 3.41. The van der Waals surface area contributed by atoms with Crippen LogP contribution in [0.3, 0.4) is 0 Å². The minimum Gasteiger partial charge on any atom is -0.336 e. The summed E-state index contributed by atoms with van der Waals surface area (Å²) in [6.07, 6.45) is 3.69. The number of rotatable bonds is 4. The van der Waals surface area contributed by atoms with Gasteiger partial charge in [0.1, 0.15) is 0 Å². The molecule has 2 aromatic rings. The van der Waals surface area contributed by atoms with Crippen LogP contribution in [0.15, 0.2) is 47.4 Å². The second kappa shape index (κ2) is 6.16. The lowest BCUT2D eigenvalue weighted by molar-refractivity contribution is 0.252. The first-order valence-corrected chi connectivity index (χ1v) is 8.81. The molecule has 4 rings (SSSR count). The van der Waals surface area contributed by atoms with E-state index in [1.165, 1.54) is 30.4 Å². The van der Waals surface area contributed by atoms with Crippen LogP contribution in [0.2, 0.25) is 0 Å². The van der Waals surface area contributed by atoms with E-state index in [0.717, 1.165) is 29.4 Å². The summed E-state index contributed by atoms with van der Waals surface area (Å²) in [7, 11) is 0. The van der Waals surface area contributed by atoms with E-state index in [1.807, 2.05) is 24.3 Å². The third kappa shape index (κ3) is 3.01. The molecule has 0 radical (unpaired) electrons. The predicted molar refractivity (Wildman–Crippen MR) is 95.1 cm³/mol. The first-order chi connectivity index (χ1) is 11.3. The van der Waals surface area contributed by atoms with E-state index in [4.69, 9.17) is 0 Å². The first-order valence-electron chi connectivity index (χ1n) is 8.00. The minimum absolute atomic E-state index is 0.0123. The highest BCUT2D eigenvalue weighted by atomic mass is 32.2. The Bertz CT molecular complexity index is 730. The van der Waals surface area contributed by atoms with Gasteiger partial charge >= 0.3 is 6.03 Å². The van der Waals surface area contributed by atoms with Gasteiger partial charge in [0.2, 0.25) is 0 Å². The number of aryl methyl sites for hydroxylation is 2. The highest BCUT2D eigenvalue weighted by molar-refractivity contribution is 8.00. The molecule has 1 aliphatic carbocycles. The van der Waals surface area contributed by atoms with Gasteiger partial charge in [0, 0.05) is 29.4 Å². The Hall–Kier alpha value is -2.14. The molecule has 118 valence electrons. The normalized spacial score (nSPS) is 16.3. The molecule has 2 N–H and O–H groups in total. The third-order valence-electron chi connectivity index (χ3n) is 4.39. The van der Waals surface area contributed by atoms with Crippen LogP contribution in [0.1, 0.15) is 17.5 Å². The van der Waals surface area contributed by atoms with Crippen molar-refractivity contribution < 1.29 is 4.79 Å². The lowest BCUT2D eigenvalue weighted by Crippen LogP contribution is -2.27. The zero-order chi connectivity index (χ0) is 15.6. The van der Waals surface area contributed by atoms with Crippen molar-refractivity contribution in [2.45, 2.75) is 24.2 Å². The second-order valence-corrected chi connectivity index (χ2v) is 6.80. The Kier molecular flexibility index (Phi) is 3.87. The SMILES string of the molecule is O=C1NCCN1c1ccc(SNc2ccc3c(c2)CCC3)cc1. The van der Waals surface area contributed by atoms with Crippen molar-refractivity contribution >= 4 is 29.4 Å². The average molecular weight is 325 g/mol. The monoisotopic (exact) mass is 325 g/mol. The molecule has 2 aliphatic rings. The lowest BCUT2D eigenvalue weighted by atomic mass is 10.1. The number of hydrogen-bond donors (Lipinski definition) is 2. The van der Waals surface area contributed by atoms with Gasteiger partial charge in [-0.1, -0.05) is 6.07 Å². The molecular weight excluding hydrogens is 306 g/mol. The highest BCUT2D eigenvalue weighted by Gasteiger charge is 2.20. The van der Waals surface area contributed by atoms with Gasteiger partial charge in [0.05, 0.1) is 0 Å². The maximum Gasteiger partial charge on any atom is 0.321 e. The molecule has 0 bridgehead atoms. The Balaban J connectivity index is 1.40. The van der Waals surface area contributed by atoms with E-state index in [2.05, 4.69) is 28.2 Å². The second-order valence-electron chi connectivity index (χ2n) is 5.92. The van der Waals surface area contributed by atoms with Crippen LogP contribution in [0.5, 0.6) is 0 Å². The van der Waals surface area contributed by atoms with Crippen LogP contribution in [0.4, 0.5) is 16.2 Å². The van der Waals surface area contributed by atoms with Crippen LogP contribution in [-0.2, 0) is 12.8 Å². The van der Waals surface area contributed by atoms with Crippen LogP contribution in [0.25, 0.3) is 0 Å². The molecule has 0 atom stereocenters. The van der Waals surface area contributed by atoms with Crippen molar-refractivity contribution in [1.29, 1.82) is 0 Å². The number of fused-ring (bicyclic) bond motifs is 1. The van der Waals surface area contributed by atoms with E-state index in [-0.39, 0.29) is 6.03 Å². The fourth-order valence-corrected chi connectivity index (χ4v) is 3.80. The third-order valence-corrected chi connectivity index (χ3v) is 5.24. The molecule has 2 amide bonds. The van der Waals surface area contributed by atoms with Gasteiger partial charge in [-0.15, -0.1) is 0 Å².